The van der Waals surface area contributed by atoms with E-state index in [4.69, 9.17) is 20.9 Å². The molecule has 0 bridgehead atoms. The fourth-order valence-corrected chi connectivity index (χ4v) is 3.71. The highest BCUT2D eigenvalue weighted by atomic mass is 16.5. The van der Waals surface area contributed by atoms with Gasteiger partial charge in [-0.2, -0.15) is 0 Å². The van der Waals surface area contributed by atoms with Crippen LogP contribution >= 0.6 is 0 Å². The number of hydrogen-bond donors (Lipinski definition) is 2. The second kappa shape index (κ2) is 9.61. The lowest BCUT2D eigenvalue weighted by Crippen LogP contribution is -2.60. The van der Waals surface area contributed by atoms with Crippen molar-refractivity contribution in [3.63, 3.8) is 0 Å². The van der Waals surface area contributed by atoms with Crippen LogP contribution in [-0.2, 0) is 20.9 Å². The van der Waals surface area contributed by atoms with Crippen molar-refractivity contribution in [2.24, 2.45) is 0 Å². The summed E-state index contributed by atoms with van der Waals surface area (Å²) in [5, 5.41) is 0.755. The Kier molecular flexibility index (Phi) is 6.45. The van der Waals surface area contributed by atoms with Crippen LogP contribution in [0.1, 0.15) is 5.56 Å². The number of fused-ring (bicyclic) bond motifs is 1. The second-order valence-electron chi connectivity index (χ2n) is 7.50. The smallest absolute Gasteiger partial charge is 0.261 e. The number of nitrogen functional groups attached to an aromatic ring is 2. The van der Waals surface area contributed by atoms with Gasteiger partial charge in [0.1, 0.15) is 30.3 Å². The molecule has 2 aromatic heterocycles. The molecule has 2 amide bonds. The van der Waals surface area contributed by atoms with Crippen LogP contribution in [0.4, 0.5) is 11.6 Å². The first-order valence-electron chi connectivity index (χ1n) is 10.2. The van der Waals surface area contributed by atoms with Gasteiger partial charge in [-0.25, -0.2) is 19.9 Å². The summed E-state index contributed by atoms with van der Waals surface area (Å²) in [7, 11) is 1.49. The fourth-order valence-electron chi connectivity index (χ4n) is 3.71. The molecule has 1 saturated heterocycles. The Morgan fingerprint density at radius 1 is 1.12 bits per heavy atom. The van der Waals surface area contributed by atoms with Gasteiger partial charge >= 0.3 is 0 Å². The highest BCUT2D eigenvalue weighted by Crippen LogP contribution is 2.21. The molecule has 1 atom stereocenters. The molecule has 1 aliphatic rings. The first kappa shape index (κ1) is 22.1. The van der Waals surface area contributed by atoms with E-state index in [0.29, 0.717) is 31.0 Å². The van der Waals surface area contributed by atoms with Crippen LogP contribution < -0.4 is 16.2 Å². The molecular formula is C21H24N8O4. The summed E-state index contributed by atoms with van der Waals surface area (Å²) >= 11 is 0. The van der Waals surface area contributed by atoms with Gasteiger partial charge in [-0.15, -0.1) is 0 Å². The van der Waals surface area contributed by atoms with Crippen molar-refractivity contribution in [3.05, 3.63) is 42.5 Å². The number of ether oxygens (including phenoxy) is 2. The number of piperazine rings is 1. The van der Waals surface area contributed by atoms with Crippen molar-refractivity contribution in [3.8, 4) is 5.88 Å². The number of anilines is 2. The Labute approximate surface area is 189 Å². The van der Waals surface area contributed by atoms with E-state index < -0.39 is 6.04 Å². The van der Waals surface area contributed by atoms with Crippen LogP contribution in [0.25, 0.3) is 10.9 Å². The molecule has 1 aromatic carbocycles. The minimum Gasteiger partial charge on any atom is -0.467 e. The van der Waals surface area contributed by atoms with Crippen molar-refractivity contribution in [1.29, 1.82) is 0 Å². The van der Waals surface area contributed by atoms with E-state index in [0.717, 1.165) is 10.9 Å². The maximum absolute atomic E-state index is 13.2. The zero-order valence-electron chi connectivity index (χ0n) is 18.0. The average Bonchev–Trinajstić information content (AvgIpc) is 2.80. The number of hydrogen-bond acceptors (Lipinski definition) is 10. The number of amides is 2. The highest BCUT2D eigenvalue weighted by molar-refractivity contribution is 5.90. The Bertz CT molecular complexity index is 1170. The largest absolute Gasteiger partial charge is 0.467 e. The van der Waals surface area contributed by atoms with Crippen molar-refractivity contribution < 1.29 is 19.1 Å². The van der Waals surface area contributed by atoms with Gasteiger partial charge in [0.05, 0.1) is 12.1 Å². The summed E-state index contributed by atoms with van der Waals surface area (Å²) in [6.07, 6.45) is 2.65. The van der Waals surface area contributed by atoms with Crippen LogP contribution in [-0.4, -0.2) is 81.0 Å². The molecule has 3 heterocycles. The zero-order chi connectivity index (χ0) is 23.4. The summed E-state index contributed by atoms with van der Waals surface area (Å²) in [5.74, 6) is 0.271. The van der Waals surface area contributed by atoms with Crippen LogP contribution in [0.15, 0.2) is 36.9 Å². The number of aromatic nitrogens is 4. The van der Waals surface area contributed by atoms with Gasteiger partial charge in [0.15, 0.2) is 6.61 Å². The Hall–Kier alpha value is -4.06. The maximum atomic E-state index is 13.2. The van der Waals surface area contributed by atoms with Crippen LogP contribution in [0, 0.1) is 0 Å². The third-order valence-electron chi connectivity index (χ3n) is 5.34. The predicted octanol–water partition coefficient (Wildman–Crippen LogP) is -0.151. The first-order valence-corrected chi connectivity index (χ1v) is 10.2. The Balaban J connectivity index is 1.44. The molecule has 0 saturated carbocycles. The van der Waals surface area contributed by atoms with E-state index in [9.17, 15) is 9.59 Å². The Morgan fingerprint density at radius 2 is 1.94 bits per heavy atom. The van der Waals surface area contributed by atoms with Gasteiger partial charge in [-0.3, -0.25) is 9.59 Å². The third kappa shape index (κ3) is 4.90. The fraction of sp³-hybridized carbons (Fsp3) is 0.333. The van der Waals surface area contributed by atoms with Crippen molar-refractivity contribution in [2.45, 2.75) is 12.6 Å². The number of benzene rings is 1. The minimum absolute atomic E-state index is 0.0724. The quantitative estimate of drug-likeness (QED) is 0.493. The van der Waals surface area contributed by atoms with Crippen LogP contribution in [0.2, 0.25) is 0 Å². The van der Waals surface area contributed by atoms with Gasteiger partial charge in [0.2, 0.25) is 11.8 Å². The molecule has 12 nitrogen and oxygen atoms in total. The monoisotopic (exact) mass is 452 g/mol. The molecule has 172 valence electrons. The summed E-state index contributed by atoms with van der Waals surface area (Å²) in [5.41, 5.74) is 13.1. The SMILES string of the molecule is COC[C@H]1C(=O)N(Cc2ccc3c(N)ncnc3c2)CCN1C(=O)COc1cc(N)ncn1. The number of rotatable bonds is 7. The topological polar surface area (TPSA) is 163 Å². The van der Waals surface area contributed by atoms with Crippen molar-refractivity contribution in [1.82, 2.24) is 29.7 Å². The van der Waals surface area contributed by atoms with Gasteiger partial charge in [-0.05, 0) is 17.7 Å². The minimum atomic E-state index is -0.756. The number of carbonyl (C=O) groups excluding carboxylic acids is 2. The van der Waals surface area contributed by atoms with E-state index in [-0.39, 0.29) is 36.7 Å². The van der Waals surface area contributed by atoms with Gasteiger partial charge in [0.25, 0.3) is 5.91 Å². The molecule has 0 unspecified atom stereocenters. The molecule has 0 aliphatic carbocycles. The summed E-state index contributed by atoms with van der Waals surface area (Å²) in [6, 6.07) is 6.28. The van der Waals surface area contributed by atoms with Crippen LogP contribution in [0.5, 0.6) is 5.88 Å². The summed E-state index contributed by atoms with van der Waals surface area (Å²) < 4.78 is 10.7. The number of methoxy groups -OCH3 is 1. The van der Waals surface area contributed by atoms with E-state index in [1.165, 1.54) is 30.7 Å². The van der Waals surface area contributed by atoms with Gasteiger partial charge < -0.3 is 30.7 Å². The van der Waals surface area contributed by atoms with E-state index >= 15 is 0 Å². The average molecular weight is 452 g/mol. The standard InChI is InChI=1S/C21H24N8O4/c1-32-9-16-21(31)28(8-13-2-3-14-15(6-13)24-11-27-20(14)23)4-5-29(16)19(30)10-33-18-7-17(22)25-12-26-18/h2-3,6-7,11-12,16H,4-5,8-10H2,1H3,(H2,22,25,26)(H2,23,24,27)/t16-/m0/s1. The first-order chi connectivity index (χ1) is 16.0. The molecule has 33 heavy (non-hydrogen) atoms. The normalized spacial score (nSPS) is 16.3. The molecular weight excluding hydrogens is 428 g/mol. The van der Waals surface area contributed by atoms with Gasteiger partial charge in [-0.1, -0.05) is 6.07 Å². The maximum Gasteiger partial charge on any atom is 0.261 e. The lowest BCUT2D eigenvalue weighted by atomic mass is 10.1. The number of nitrogens with zero attached hydrogens (tertiary/aromatic N) is 6. The van der Waals surface area contributed by atoms with Gasteiger partial charge in [0, 0.05) is 38.2 Å². The van der Waals surface area contributed by atoms with E-state index in [1.54, 1.807) is 4.90 Å². The molecule has 1 aliphatic heterocycles. The lowest BCUT2D eigenvalue weighted by Gasteiger charge is -2.40. The summed E-state index contributed by atoms with van der Waals surface area (Å²) in [6.45, 7) is 0.877. The van der Waals surface area contributed by atoms with Crippen LogP contribution in [0.3, 0.4) is 0 Å². The summed E-state index contributed by atoms with van der Waals surface area (Å²) in [4.78, 5) is 45.1. The molecule has 0 spiro atoms. The molecule has 0 radical (unpaired) electrons. The molecule has 12 heteroatoms. The second-order valence-corrected chi connectivity index (χ2v) is 7.50. The van der Waals surface area contributed by atoms with Crippen molar-refractivity contribution in [2.75, 3.05) is 44.9 Å². The molecule has 1 fully saturated rings. The van der Waals surface area contributed by atoms with E-state index in [1.807, 2.05) is 18.2 Å². The van der Waals surface area contributed by atoms with E-state index in [2.05, 4.69) is 19.9 Å². The number of nitrogens with two attached hydrogens (primary N) is 2. The molecule has 4 N–H and O–H groups in total. The molecule has 3 aromatic rings. The Morgan fingerprint density at radius 3 is 2.73 bits per heavy atom. The molecule has 4 rings (SSSR count). The predicted molar refractivity (Wildman–Crippen MR) is 119 cm³/mol. The lowest BCUT2D eigenvalue weighted by molar-refractivity contribution is -0.155. The zero-order valence-corrected chi connectivity index (χ0v) is 18.0. The number of carbonyl (C=O) groups is 2. The third-order valence-corrected chi connectivity index (χ3v) is 5.34. The van der Waals surface area contributed by atoms with Crippen molar-refractivity contribution >= 4 is 34.4 Å². The highest BCUT2D eigenvalue weighted by Gasteiger charge is 2.37.